The molecule has 3 rings (SSSR count). The van der Waals surface area contributed by atoms with Gasteiger partial charge in [0, 0.05) is 17.4 Å². The van der Waals surface area contributed by atoms with Crippen molar-refractivity contribution in [2.45, 2.75) is 18.7 Å². The van der Waals surface area contributed by atoms with Crippen LogP contribution in [0.3, 0.4) is 0 Å². The van der Waals surface area contributed by atoms with E-state index in [2.05, 4.69) is 5.32 Å². The number of esters is 1. The lowest BCUT2D eigenvalue weighted by molar-refractivity contribution is -0.119. The molecule has 8 nitrogen and oxygen atoms in total. The van der Waals surface area contributed by atoms with Crippen molar-refractivity contribution in [3.05, 3.63) is 47.5 Å². The van der Waals surface area contributed by atoms with E-state index in [0.717, 1.165) is 0 Å². The Hall–Kier alpha value is -3.20. The molecule has 0 aromatic heterocycles. The second-order valence-corrected chi connectivity index (χ2v) is 7.77. The molecule has 0 saturated carbocycles. The van der Waals surface area contributed by atoms with Crippen LogP contribution in [0.15, 0.2) is 41.3 Å². The highest BCUT2D eigenvalue weighted by atomic mass is 32.2. The van der Waals surface area contributed by atoms with Gasteiger partial charge in [0.25, 0.3) is 5.91 Å². The number of amides is 1. The average molecular weight is 417 g/mol. The summed E-state index contributed by atoms with van der Waals surface area (Å²) in [6.45, 7) is 2.56. The lowest BCUT2D eigenvalue weighted by Gasteiger charge is -2.12. The third kappa shape index (κ3) is 4.62. The molecule has 1 aliphatic rings. The Bertz CT molecular complexity index is 1000. The minimum absolute atomic E-state index is 0.0280. The Morgan fingerprint density at radius 3 is 2.48 bits per heavy atom. The number of carbonyl (C=O) groups excluding carboxylic acids is 3. The molecule has 0 radical (unpaired) electrons. The summed E-state index contributed by atoms with van der Waals surface area (Å²) in [5.74, 6) is -0.489. The van der Waals surface area contributed by atoms with Crippen LogP contribution in [0.4, 0.5) is 5.69 Å². The van der Waals surface area contributed by atoms with Crippen LogP contribution >= 0.6 is 0 Å². The zero-order valence-electron chi connectivity index (χ0n) is 15.9. The fourth-order valence-electron chi connectivity index (χ4n) is 2.72. The van der Waals surface area contributed by atoms with Gasteiger partial charge in [0.1, 0.15) is 0 Å². The summed E-state index contributed by atoms with van der Waals surface area (Å²) in [6.07, 6.45) is 0. The number of nitrogens with one attached hydrogen (secondary N) is 1. The maximum Gasteiger partial charge on any atom is 0.339 e. The van der Waals surface area contributed by atoms with E-state index in [1.165, 1.54) is 25.1 Å². The molecule has 1 amide bonds. The molecule has 29 heavy (non-hydrogen) atoms. The van der Waals surface area contributed by atoms with Crippen molar-refractivity contribution < 1.29 is 32.8 Å². The minimum Gasteiger partial charge on any atom is -0.454 e. The fourth-order valence-corrected chi connectivity index (χ4v) is 3.66. The van der Waals surface area contributed by atoms with Crippen molar-refractivity contribution >= 4 is 34.1 Å². The molecule has 2 aromatic rings. The Morgan fingerprint density at radius 2 is 1.79 bits per heavy atom. The van der Waals surface area contributed by atoms with Crippen LogP contribution < -0.4 is 14.8 Å². The van der Waals surface area contributed by atoms with Crippen molar-refractivity contribution in [2.75, 3.05) is 24.5 Å². The first-order chi connectivity index (χ1) is 13.9. The summed E-state index contributed by atoms with van der Waals surface area (Å²) in [6, 6.07) is 9.35. The number of hydrogen-bond donors (Lipinski definition) is 1. The number of benzene rings is 2. The van der Waals surface area contributed by atoms with Crippen molar-refractivity contribution in [3.63, 3.8) is 0 Å². The van der Waals surface area contributed by atoms with Gasteiger partial charge in [-0.25, -0.2) is 4.79 Å². The molecule has 0 saturated heterocycles. The van der Waals surface area contributed by atoms with E-state index in [1.807, 2.05) is 0 Å². The smallest absolute Gasteiger partial charge is 0.339 e. The van der Waals surface area contributed by atoms with E-state index in [9.17, 15) is 18.6 Å². The quantitative estimate of drug-likeness (QED) is 0.545. The lowest BCUT2D eigenvalue weighted by Crippen LogP contribution is -2.22. The van der Waals surface area contributed by atoms with Crippen LogP contribution in [0.2, 0.25) is 0 Å². The number of fused-ring (bicyclic) bond motifs is 1. The van der Waals surface area contributed by atoms with E-state index in [0.29, 0.717) is 22.1 Å². The molecular formula is C20H19NO7S. The standard InChI is InChI=1S/C20H19NO7S/c1-3-29(25)18-7-5-4-6-13(18)20(24)26-10-19(23)21-15-9-17-16(27-11-28-17)8-14(15)12(2)22/h4-9H,3,10-11H2,1-2H3,(H,21,23)/t29-/m0/s1. The highest BCUT2D eigenvalue weighted by Gasteiger charge is 2.21. The van der Waals surface area contributed by atoms with Crippen molar-refractivity contribution in [3.8, 4) is 11.5 Å². The second-order valence-electron chi connectivity index (χ2n) is 6.06. The Kier molecular flexibility index (Phi) is 6.28. The predicted octanol–water partition coefficient (Wildman–Crippen LogP) is 2.54. The maximum atomic E-state index is 12.3. The van der Waals surface area contributed by atoms with E-state index >= 15 is 0 Å². The third-order valence-corrected chi connectivity index (χ3v) is 5.49. The predicted molar refractivity (Wildman–Crippen MR) is 105 cm³/mol. The van der Waals surface area contributed by atoms with E-state index in [4.69, 9.17) is 14.2 Å². The van der Waals surface area contributed by atoms with Crippen LogP contribution in [-0.2, 0) is 20.3 Å². The van der Waals surface area contributed by atoms with Crippen LogP contribution in [0.5, 0.6) is 11.5 Å². The van der Waals surface area contributed by atoms with Crippen LogP contribution in [0.25, 0.3) is 0 Å². The first-order valence-electron chi connectivity index (χ1n) is 8.79. The van der Waals surface area contributed by atoms with Gasteiger partial charge in [-0.3, -0.25) is 13.8 Å². The molecule has 152 valence electrons. The van der Waals surface area contributed by atoms with Gasteiger partial charge in [0.15, 0.2) is 23.9 Å². The zero-order valence-corrected chi connectivity index (χ0v) is 16.7. The zero-order chi connectivity index (χ0) is 21.0. The summed E-state index contributed by atoms with van der Waals surface area (Å²) in [4.78, 5) is 36.8. The van der Waals surface area contributed by atoms with Gasteiger partial charge in [-0.2, -0.15) is 0 Å². The fraction of sp³-hybridized carbons (Fsp3) is 0.250. The lowest BCUT2D eigenvalue weighted by atomic mass is 10.1. The summed E-state index contributed by atoms with van der Waals surface area (Å²) in [5.41, 5.74) is 0.626. The first kappa shape index (κ1) is 20.5. The Morgan fingerprint density at radius 1 is 1.10 bits per heavy atom. The van der Waals surface area contributed by atoms with Crippen molar-refractivity contribution in [1.82, 2.24) is 0 Å². The number of carbonyl (C=O) groups is 3. The van der Waals surface area contributed by atoms with Crippen LogP contribution in [0.1, 0.15) is 34.6 Å². The highest BCUT2D eigenvalue weighted by Crippen LogP contribution is 2.37. The number of rotatable bonds is 7. The number of Topliss-reactive ketones (excluding diaryl/α,β-unsaturated/α-hetero) is 1. The van der Waals surface area contributed by atoms with Gasteiger partial charge in [0.2, 0.25) is 6.79 Å². The van der Waals surface area contributed by atoms with Gasteiger partial charge >= 0.3 is 5.97 Å². The van der Waals surface area contributed by atoms with Gasteiger partial charge < -0.3 is 19.5 Å². The summed E-state index contributed by atoms with van der Waals surface area (Å²) < 4.78 is 27.6. The summed E-state index contributed by atoms with van der Waals surface area (Å²) >= 11 is 0. The SMILES string of the molecule is CC[S@](=O)c1ccccc1C(=O)OCC(=O)Nc1cc2c(cc1C(C)=O)OCO2. The molecule has 0 spiro atoms. The molecule has 9 heteroatoms. The van der Waals surface area contributed by atoms with Gasteiger partial charge in [-0.1, -0.05) is 19.1 Å². The molecule has 0 bridgehead atoms. The van der Waals surface area contributed by atoms with Crippen LogP contribution in [0, 0.1) is 0 Å². The molecule has 1 aliphatic heterocycles. The summed E-state index contributed by atoms with van der Waals surface area (Å²) in [7, 11) is -1.34. The molecule has 0 unspecified atom stereocenters. The van der Waals surface area contributed by atoms with Crippen molar-refractivity contribution in [1.29, 1.82) is 0 Å². The average Bonchev–Trinajstić information content (AvgIpc) is 3.18. The molecule has 0 aliphatic carbocycles. The first-order valence-corrected chi connectivity index (χ1v) is 10.1. The monoisotopic (exact) mass is 417 g/mol. The number of anilines is 1. The molecular weight excluding hydrogens is 398 g/mol. The Balaban J connectivity index is 1.69. The van der Waals surface area contributed by atoms with E-state index in [-0.39, 0.29) is 29.4 Å². The Labute approximate surface area is 169 Å². The molecule has 2 aromatic carbocycles. The van der Waals surface area contributed by atoms with Gasteiger partial charge in [-0.05, 0) is 25.1 Å². The number of ketones is 1. The van der Waals surface area contributed by atoms with Crippen molar-refractivity contribution in [2.24, 2.45) is 0 Å². The van der Waals surface area contributed by atoms with Gasteiger partial charge in [0.05, 0.1) is 26.9 Å². The van der Waals surface area contributed by atoms with E-state index in [1.54, 1.807) is 25.1 Å². The molecule has 1 N–H and O–H groups in total. The van der Waals surface area contributed by atoms with Crippen LogP contribution in [-0.4, -0.2) is 41.0 Å². The molecule has 1 heterocycles. The third-order valence-electron chi connectivity index (χ3n) is 4.11. The largest absolute Gasteiger partial charge is 0.454 e. The normalized spacial score (nSPS) is 12.9. The molecule has 1 atom stereocenters. The number of ether oxygens (including phenoxy) is 3. The summed E-state index contributed by atoms with van der Waals surface area (Å²) in [5, 5.41) is 2.54. The van der Waals surface area contributed by atoms with Gasteiger partial charge in [-0.15, -0.1) is 0 Å². The topological polar surface area (TPSA) is 108 Å². The highest BCUT2D eigenvalue weighted by molar-refractivity contribution is 7.85. The van der Waals surface area contributed by atoms with E-state index < -0.39 is 29.3 Å². The number of hydrogen-bond acceptors (Lipinski definition) is 7. The maximum absolute atomic E-state index is 12.3. The minimum atomic E-state index is -1.34. The molecule has 0 fully saturated rings. The second kappa shape index (κ2) is 8.87.